The third kappa shape index (κ3) is 2.32. The Labute approximate surface area is 79.7 Å². The van der Waals surface area contributed by atoms with Gasteiger partial charge in [-0.1, -0.05) is 0 Å². The lowest BCUT2D eigenvalue weighted by Gasteiger charge is -1.99. The topological polar surface area (TPSA) is 81.1 Å². The molecule has 0 aliphatic heterocycles. The van der Waals surface area contributed by atoms with Crippen molar-refractivity contribution in [2.45, 2.75) is 6.54 Å². The van der Waals surface area contributed by atoms with Gasteiger partial charge in [-0.15, -0.1) is 12.4 Å². The lowest BCUT2D eigenvalue weighted by Crippen LogP contribution is -2.12. The van der Waals surface area contributed by atoms with E-state index in [1.165, 1.54) is 6.20 Å². The van der Waals surface area contributed by atoms with Gasteiger partial charge in [0.15, 0.2) is 5.69 Å². The number of aromatic nitrogens is 2. The maximum atomic E-state index is 11.8. The van der Waals surface area contributed by atoms with E-state index in [1.54, 1.807) is 0 Å². The molecule has 0 amide bonds. The highest BCUT2D eigenvalue weighted by Gasteiger charge is 2.14. The minimum Gasteiger partial charge on any atom is -0.476 e. The molecule has 1 rings (SSSR count). The monoisotopic (exact) mass is 209 g/mol. The Kier molecular flexibility index (Phi) is 4.19. The van der Waals surface area contributed by atoms with E-state index in [9.17, 15) is 9.18 Å². The van der Waals surface area contributed by atoms with Gasteiger partial charge in [0.2, 0.25) is 0 Å². The number of hydrogen-bond acceptors (Lipinski definition) is 3. The minimum absolute atomic E-state index is 0. The Bertz CT molecular complexity index is 302. The molecule has 0 bridgehead atoms. The largest absolute Gasteiger partial charge is 0.476 e. The molecule has 0 spiro atoms. The molecule has 7 heteroatoms. The number of carboxylic acid groups (broad SMARTS) is 1. The number of halogens is 2. The molecular weight excluding hydrogens is 201 g/mol. The average molecular weight is 210 g/mol. The molecule has 74 valence electrons. The summed E-state index contributed by atoms with van der Waals surface area (Å²) < 4.78 is 12.9. The van der Waals surface area contributed by atoms with Crippen molar-refractivity contribution in [1.82, 2.24) is 9.78 Å². The lowest BCUT2D eigenvalue weighted by molar-refractivity contribution is 0.0684. The number of anilines is 1. The molecule has 0 fully saturated rings. The van der Waals surface area contributed by atoms with Gasteiger partial charge in [-0.25, -0.2) is 9.18 Å². The summed E-state index contributed by atoms with van der Waals surface area (Å²) in [6.45, 7) is -0.750. The number of nitrogen functional groups attached to an aromatic ring is 1. The highest BCUT2D eigenvalue weighted by Crippen LogP contribution is 2.09. The van der Waals surface area contributed by atoms with Crippen LogP contribution in [0.1, 0.15) is 10.5 Å². The molecule has 1 aromatic rings. The van der Waals surface area contributed by atoms with Gasteiger partial charge < -0.3 is 10.8 Å². The Morgan fingerprint density at radius 3 is 2.85 bits per heavy atom. The Balaban J connectivity index is 0.00000144. The van der Waals surface area contributed by atoms with Crippen LogP contribution in [0.2, 0.25) is 0 Å². The van der Waals surface area contributed by atoms with Gasteiger partial charge in [0.05, 0.1) is 18.4 Å². The number of aryl methyl sites for hydroxylation is 1. The van der Waals surface area contributed by atoms with Gasteiger partial charge in [0.25, 0.3) is 0 Å². The molecule has 0 radical (unpaired) electrons. The second-order valence-corrected chi connectivity index (χ2v) is 2.17. The second kappa shape index (κ2) is 4.66. The zero-order valence-electron chi connectivity index (χ0n) is 6.61. The van der Waals surface area contributed by atoms with Crippen molar-refractivity contribution in [3.63, 3.8) is 0 Å². The zero-order chi connectivity index (χ0) is 9.14. The number of nitrogens with zero attached hydrogens (tertiary/aromatic N) is 2. The van der Waals surface area contributed by atoms with Gasteiger partial charge >= 0.3 is 5.97 Å². The van der Waals surface area contributed by atoms with E-state index in [0.29, 0.717) is 0 Å². The summed E-state index contributed by atoms with van der Waals surface area (Å²) in [6, 6.07) is 0. The van der Waals surface area contributed by atoms with Crippen LogP contribution in [0.4, 0.5) is 10.1 Å². The number of alkyl halides is 1. The van der Waals surface area contributed by atoms with Gasteiger partial charge in [0.1, 0.15) is 6.67 Å². The third-order valence-electron chi connectivity index (χ3n) is 1.37. The first kappa shape index (κ1) is 11.7. The van der Waals surface area contributed by atoms with E-state index >= 15 is 0 Å². The van der Waals surface area contributed by atoms with E-state index in [0.717, 1.165) is 4.68 Å². The number of nitrogens with two attached hydrogens (primary N) is 1. The highest BCUT2D eigenvalue weighted by molar-refractivity contribution is 5.91. The van der Waals surface area contributed by atoms with Gasteiger partial charge in [-0.05, 0) is 0 Å². The molecule has 13 heavy (non-hydrogen) atoms. The molecular formula is C6H9ClFN3O2. The summed E-state index contributed by atoms with van der Waals surface area (Å²) in [5.41, 5.74) is 5.18. The summed E-state index contributed by atoms with van der Waals surface area (Å²) in [4.78, 5) is 10.5. The fourth-order valence-corrected chi connectivity index (χ4v) is 0.883. The number of hydrogen-bond donors (Lipinski definition) is 2. The van der Waals surface area contributed by atoms with Crippen molar-refractivity contribution < 1.29 is 14.3 Å². The molecule has 0 aromatic carbocycles. The molecule has 0 saturated heterocycles. The summed E-state index contributed by atoms with van der Waals surface area (Å²) >= 11 is 0. The fourth-order valence-electron chi connectivity index (χ4n) is 0.883. The average Bonchev–Trinajstić information content (AvgIpc) is 2.32. The Morgan fingerprint density at radius 2 is 2.38 bits per heavy atom. The zero-order valence-corrected chi connectivity index (χ0v) is 7.42. The lowest BCUT2D eigenvalue weighted by atomic mass is 10.4. The van der Waals surface area contributed by atoms with Crippen molar-refractivity contribution in [3.05, 3.63) is 11.9 Å². The van der Waals surface area contributed by atoms with Crippen LogP contribution in [-0.2, 0) is 6.54 Å². The number of aromatic carboxylic acids is 1. The quantitative estimate of drug-likeness (QED) is 0.762. The number of carboxylic acids is 1. The van der Waals surface area contributed by atoms with Crippen LogP contribution in [0.15, 0.2) is 6.20 Å². The van der Waals surface area contributed by atoms with E-state index in [1.807, 2.05) is 0 Å². The molecule has 0 aliphatic rings. The van der Waals surface area contributed by atoms with E-state index in [4.69, 9.17) is 10.8 Å². The van der Waals surface area contributed by atoms with Gasteiger partial charge in [-0.3, -0.25) is 4.68 Å². The number of rotatable bonds is 3. The maximum absolute atomic E-state index is 11.8. The molecule has 0 saturated carbocycles. The SMILES string of the molecule is Cl.Nc1cnn(CCF)c1C(=O)O. The Morgan fingerprint density at radius 1 is 1.77 bits per heavy atom. The molecule has 5 nitrogen and oxygen atoms in total. The Hall–Kier alpha value is -1.30. The van der Waals surface area contributed by atoms with E-state index < -0.39 is 12.6 Å². The smallest absolute Gasteiger partial charge is 0.356 e. The fraction of sp³-hybridized carbons (Fsp3) is 0.333. The van der Waals surface area contributed by atoms with Crippen LogP contribution in [0.3, 0.4) is 0 Å². The molecule has 3 N–H and O–H groups in total. The highest BCUT2D eigenvalue weighted by atomic mass is 35.5. The van der Waals surface area contributed by atoms with E-state index in [2.05, 4.69) is 5.10 Å². The maximum Gasteiger partial charge on any atom is 0.356 e. The van der Waals surface area contributed by atoms with Crippen LogP contribution >= 0.6 is 12.4 Å². The summed E-state index contributed by atoms with van der Waals surface area (Å²) in [7, 11) is 0. The van der Waals surface area contributed by atoms with Crippen LogP contribution in [0, 0.1) is 0 Å². The van der Waals surface area contributed by atoms with Crippen LogP contribution < -0.4 is 5.73 Å². The first-order chi connectivity index (χ1) is 5.66. The van der Waals surface area contributed by atoms with Crippen molar-refractivity contribution >= 4 is 24.1 Å². The molecule has 0 atom stereocenters. The summed E-state index contributed by atoms with van der Waals surface area (Å²) in [5.74, 6) is -1.20. The van der Waals surface area contributed by atoms with Crippen LogP contribution in [-0.4, -0.2) is 27.5 Å². The first-order valence-corrected chi connectivity index (χ1v) is 3.27. The molecule has 0 unspecified atom stereocenters. The normalized spacial score (nSPS) is 9.31. The third-order valence-corrected chi connectivity index (χ3v) is 1.37. The van der Waals surface area contributed by atoms with Crippen molar-refractivity contribution in [2.75, 3.05) is 12.4 Å². The standard InChI is InChI=1S/C6H8FN3O2.ClH/c7-1-2-10-5(6(11)12)4(8)3-9-10;/h3H,1-2,8H2,(H,11,12);1H. The minimum atomic E-state index is -1.20. The summed E-state index contributed by atoms with van der Waals surface area (Å²) in [6.07, 6.45) is 1.19. The van der Waals surface area contributed by atoms with Gasteiger partial charge in [0, 0.05) is 0 Å². The van der Waals surface area contributed by atoms with Crippen molar-refractivity contribution in [3.8, 4) is 0 Å². The molecule has 0 aliphatic carbocycles. The molecule has 1 aromatic heterocycles. The summed E-state index contributed by atoms with van der Waals surface area (Å²) in [5, 5.41) is 12.2. The van der Waals surface area contributed by atoms with Crippen LogP contribution in [0.5, 0.6) is 0 Å². The van der Waals surface area contributed by atoms with E-state index in [-0.39, 0.29) is 30.3 Å². The predicted octanol–water partition coefficient (Wildman–Crippen LogP) is 0.555. The second-order valence-electron chi connectivity index (χ2n) is 2.17. The van der Waals surface area contributed by atoms with Crippen molar-refractivity contribution in [2.24, 2.45) is 0 Å². The molecule has 1 heterocycles. The van der Waals surface area contributed by atoms with Crippen molar-refractivity contribution in [1.29, 1.82) is 0 Å². The predicted molar refractivity (Wildman–Crippen MR) is 46.8 cm³/mol. The first-order valence-electron chi connectivity index (χ1n) is 3.27. The van der Waals surface area contributed by atoms with Gasteiger partial charge in [-0.2, -0.15) is 5.10 Å². The number of carbonyl (C=O) groups is 1. The van der Waals surface area contributed by atoms with Crippen LogP contribution in [0.25, 0.3) is 0 Å².